The summed E-state index contributed by atoms with van der Waals surface area (Å²) in [4.78, 5) is 0. The van der Waals surface area contributed by atoms with Crippen molar-refractivity contribution >= 4 is 11.8 Å². The fraction of sp³-hybridized carbons (Fsp3) is 0.625. The van der Waals surface area contributed by atoms with Crippen LogP contribution in [0.25, 0.3) is 0 Å². The molecule has 2 unspecified atom stereocenters. The van der Waals surface area contributed by atoms with E-state index in [1.165, 1.54) is 12.5 Å². The van der Waals surface area contributed by atoms with Crippen LogP contribution in [0.15, 0.2) is 18.2 Å². The molecule has 0 aliphatic carbocycles. The van der Waals surface area contributed by atoms with Crippen LogP contribution in [0.4, 0.5) is 13.2 Å². The van der Waals surface area contributed by atoms with Gasteiger partial charge < -0.3 is 5.11 Å². The van der Waals surface area contributed by atoms with Gasteiger partial charge in [0, 0.05) is 10.5 Å². The van der Waals surface area contributed by atoms with Crippen LogP contribution in [-0.4, -0.2) is 15.6 Å². The number of hydrogen-bond acceptors (Lipinski definition) is 2. The van der Waals surface area contributed by atoms with Crippen LogP contribution in [0, 0.1) is 6.92 Å². The lowest BCUT2D eigenvalue weighted by atomic mass is 9.78. The first-order chi connectivity index (χ1) is 9.78. The first-order valence-corrected chi connectivity index (χ1v) is 8.28. The van der Waals surface area contributed by atoms with Crippen LogP contribution in [-0.2, 0) is 11.8 Å². The Morgan fingerprint density at radius 2 is 1.81 bits per heavy atom. The highest BCUT2D eigenvalue weighted by molar-refractivity contribution is 8.00. The molecule has 0 amide bonds. The molecule has 2 atom stereocenters. The number of hydrogen-bond donors (Lipinski definition) is 1. The van der Waals surface area contributed by atoms with E-state index in [2.05, 4.69) is 0 Å². The lowest BCUT2D eigenvalue weighted by Crippen LogP contribution is -2.41. The second-order valence-corrected chi connectivity index (χ2v) is 7.88. The number of fused-ring (bicyclic) bond motifs is 2. The maximum atomic E-state index is 12.8. The topological polar surface area (TPSA) is 20.2 Å². The van der Waals surface area contributed by atoms with Gasteiger partial charge in [-0.2, -0.15) is 24.9 Å². The SMILES string of the molecule is Cc1cc(C(F)(F)F)ccc1C1(O)CC2CCCC(C1)S2. The van der Waals surface area contributed by atoms with E-state index < -0.39 is 17.3 Å². The molecule has 2 bridgehead atoms. The van der Waals surface area contributed by atoms with E-state index >= 15 is 0 Å². The first kappa shape index (κ1) is 15.2. The van der Waals surface area contributed by atoms with E-state index in [-0.39, 0.29) is 0 Å². The Labute approximate surface area is 126 Å². The molecule has 116 valence electrons. The number of rotatable bonds is 1. The molecule has 1 aromatic rings. The largest absolute Gasteiger partial charge is 0.416 e. The Bertz CT molecular complexity index is 529. The van der Waals surface area contributed by atoms with Gasteiger partial charge in [-0.1, -0.05) is 12.5 Å². The minimum absolute atomic E-state index is 0.434. The average molecular weight is 316 g/mol. The predicted octanol–water partition coefficient (Wildman–Crippen LogP) is 4.65. The van der Waals surface area contributed by atoms with Crippen LogP contribution in [0.5, 0.6) is 0 Å². The van der Waals surface area contributed by atoms with Crippen LogP contribution < -0.4 is 0 Å². The van der Waals surface area contributed by atoms with Gasteiger partial charge in [-0.3, -0.25) is 0 Å². The van der Waals surface area contributed by atoms with E-state index in [1.54, 1.807) is 6.92 Å². The fourth-order valence-electron chi connectivity index (χ4n) is 3.70. The second-order valence-electron chi connectivity index (χ2n) is 6.28. The number of benzene rings is 1. The molecule has 0 spiro atoms. The molecule has 2 saturated heterocycles. The predicted molar refractivity (Wildman–Crippen MR) is 78.3 cm³/mol. The summed E-state index contributed by atoms with van der Waals surface area (Å²) in [5.74, 6) is 0. The van der Waals surface area contributed by atoms with Gasteiger partial charge in [-0.05, 0) is 55.9 Å². The van der Waals surface area contributed by atoms with Crippen LogP contribution >= 0.6 is 11.8 Å². The molecular formula is C16H19F3OS. The summed E-state index contributed by atoms with van der Waals surface area (Å²) >= 11 is 1.94. The minimum Gasteiger partial charge on any atom is -0.385 e. The van der Waals surface area contributed by atoms with Gasteiger partial charge in [0.2, 0.25) is 0 Å². The van der Waals surface area contributed by atoms with E-state index in [9.17, 15) is 18.3 Å². The average Bonchev–Trinajstić information content (AvgIpc) is 2.36. The zero-order chi connectivity index (χ0) is 15.3. The lowest BCUT2D eigenvalue weighted by molar-refractivity contribution is -0.137. The molecular weight excluding hydrogens is 297 g/mol. The van der Waals surface area contributed by atoms with Gasteiger partial charge in [-0.25, -0.2) is 0 Å². The molecule has 5 heteroatoms. The summed E-state index contributed by atoms with van der Waals surface area (Å²) in [6, 6.07) is 3.73. The summed E-state index contributed by atoms with van der Waals surface area (Å²) < 4.78 is 38.3. The third-order valence-electron chi connectivity index (χ3n) is 4.62. The second kappa shape index (κ2) is 5.20. The summed E-state index contributed by atoms with van der Waals surface area (Å²) in [6.07, 6.45) is 0.377. The van der Waals surface area contributed by atoms with Crippen molar-refractivity contribution in [3.05, 3.63) is 34.9 Å². The van der Waals surface area contributed by atoms with E-state index in [0.717, 1.165) is 25.0 Å². The van der Waals surface area contributed by atoms with Crippen molar-refractivity contribution in [2.24, 2.45) is 0 Å². The van der Waals surface area contributed by atoms with Crippen molar-refractivity contribution < 1.29 is 18.3 Å². The quantitative estimate of drug-likeness (QED) is 0.814. The molecule has 21 heavy (non-hydrogen) atoms. The van der Waals surface area contributed by atoms with E-state index in [4.69, 9.17) is 0 Å². The molecule has 1 N–H and O–H groups in total. The Morgan fingerprint density at radius 1 is 1.19 bits per heavy atom. The van der Waals surface area contributed by atoms with E-state index in [0.29, 0.717) is 34.5 Å². The van der Waals surface area contributed by atoms with Gasteiger partial charge in [0.05, 0.1) is 11.2 Å². The fourth-order valence-corrected chi connectivity index (χ4v) is 5.59. The molecule has 0 aromatic heterocycles. The van der Waals surface area contributed by atoms with Gasteiger partial charge in [0.25, 0.3) is 0 Å². The van der Waals surface area contributed by atoms with Gasteiger partial charge in [0.15, 0.2) is 0 Å². The third kappa shape index (κ3) is 2.95. The van der Waals surface area contributed by atoms with Gasteiger partial charge >= 0.3 is 6.18 Å². The molecule has 0 saturated carbocycles. The molecule has 2 aliphatic rings. The van der Waals surface area contributed by atoms with Crippen molar-refractivity contribution in [3.8, 4) is 0 Å². The highest BCUT2D eigenvalue weighted by Gasteiger charge is 2.43. The number of aryl methyl sites for hydroxylation is 1. The van der Waals surface area contributed by atoms with Crippen LogP contribution in [0.1, 0.15) is 48.8 Å². The van der Waals surface area contributed by atoms with Crippen LogP contribution in [0.3, 0.4) is 0 Å². The third-order valence-corrected chi connectivity index (χ3v) is 6.20. The molecule has 2 aliphatic heterocycles. The molecule has 2 heterocycles. The van der Waals surface area contributed by atoms with Crippen molar-refractivity contribution in [1.82, 2.24) is 0 Å². The van der Waals surface area contributed by atoms with Crippen LogP contribution in [0.2, 0.25) is 0 Å². The monoisotopic (exact) mass is 316 g/mol. The number of halogens is 3. The van der Waals surface area contributed by atoms with Crippen molar-refractivity contribution in [1.29, 1.82) is 0 Å². The van der Waals surface area contributed by atoms with Gasteiger partial charge in [-0.15, -0.1) is 0 Å². The van der Waals surface area contributed by atoms with E-state index in [1.807, 2.05) is 11.8 Å². The summed E-state index contributed by atoms with van der Waals surface area (Å²) in [5, 5.41) is 11.9. The van der Waals surface area contributed by atoms with Crippen molar-refractivity contribution in [2.45, 2.75) is 61.3 Å². The smallest absolute Gasteiger partial charge is 0.385 e. The Hall–Kier alpha value is -0.680. The maximum absolute atomic E-state index is 12.8. The summed E-state index contributed by atoms with van der Waals surface area (Å²) in [6.45, 7) is 1.67. The molecule has 1 nitrogen and oxygen atoms in total. The zero-order valence-electron chi connectivity index (χ0n) is 11.9. The Morgan fingerprint density at radius 3 is 2.33 bits per heavy atom. The normalized spacial score (nSPS) is 33.0. The van der Waals surface area contributed by atoms with Crippen molar-refractivity contribution in [2.75, 3.05) is 0 Å². The number of alkyl halides is 3. The highest BCUT2D eigenvalue weighted by Crippen LogP contribution is 2.50. The molecule has 2 fully saturated rings. The number of aliphatic hydroxyl groups is 1. The van der Waals surface area contributed by atoms with Crippen molar-refractivity contribution in [3.63, 3.8) is 0 Å². The Kier molecular flexibility index (Phi) is 3.77. The summed E-state index contributed by atoms with van der Waals surface area (Å²) in [7, 11) is 0. The minimum atomic E-state index is -4.33. The number of thioether (sulfide) groups is 1. The first-order valence-electron chi connectivity index (χ1n) is 7.34. The Balaban J connectivity index is 1.92. The molecule has 0 radical (unpaired) electrons. The highest BCUT2D eigenvalue weighted by atomic mass is 32.2. The summed E-state index contributed by atoms with van der Waals surface area (Å²) in [5.41, 5.74) is -0.391. The maximum Gasteiger partial charge on any atom is 0.416 e. The van der Waals surface area contributed by atoms with Gasteiger partial charge in [0.1, 0.15) is 0 Å². The molecule has 3 rings (SSSR count). The zero-order valence-corrected chi connectivity index (χ0v) is 12.7. The standard InChI is InChI=1S/C16H19F3OS/c1-10-7-11(16(17,18)19)5-6-14(10)15(20)8-12-3-2-4-13(9-15)21-12/h5-7,12-13,20H,2-4,8-9H2,1H3. The molecule has 1 aromatic carbocycles. The lowest BCUT2D eigenvalue weighted by Gasteiger charge is -2.44.